The number of hydrazine groups is 1. The lowest BCUT2D eigenvalue weighted by atomic mass is 9.80. The van der Waals surface area contributed by atoms with Gasteiger partial charge in [0.2, 0.25) is 0 Å². The Hall–Kier alpha value is -3.39. The van der Waals surface area contributed by atoms with Gasteiger partial charge < -0.3 is 4.74 Å². The van der Waals surface area contributed by atoms with Crippen LogP contribution in [0.5, 0.6) is 5.75 Å². The molecule has 1 saturated carbocycles. The van der Waals surface area contributed by atoms with Gasteiger partial charge in [0.1, 0.15) is 11.7 Å². The van der Waals surface area contributed by atoms with Crippen LogP contribution in [0.25, 0.3) is 11.1 Å². The summed E-state index contributed by atoms with van der Waals surface area (Å²) >= 11 is 0. The van der Waals surface area contributed by atoms with Gasteiger partial charge in [0.05, 0.1) is 19.2 Å². The van der Waals surface area contributed by atoms with Crippen LogP contribution in [0.1, 0.15) is 56.0 Å². The summed E-state index contributed by atoms with van der Waals surface area (Å²) in [6, 6.07) is 11.0. The average Bonchev–Trinajstić information content (AvgIpc) is 3.78. The minimum Gasteiger partial charge on any atom is -0.487 e. The molecule has 0 N–H and O–H groups in total. The molecule has 2 aliphatic heterocycles. The molecule has 6 rings (SSSR count). The zero-order valence-electron chi connectivity index (χ0n) is 23.3. The Balaban J connectivity index is 1.00. The summed E-state index contributed by atoms with van der Waals surface area (Å²) in [5, 5.41) is 4.36. The molecule has 6 nitrogen and oxygen atoms in total. The molecule has 210 valence electrons. The monoisotopic (exact) mass is 545 g/mol. The highest BCUT2D eigenvalue weighted by molar-refractivity contribution is 5.99. The second-order valence-corrected chi connectivity index (χ2v) is 11.4. The number of amidine groups is 1. The highest BCUT2D eigenvalue weighted by Crippen LogP contribution is 2.34. The largest absolute Gasteiger partial charge is 0.487 e. The fraction of sp³-hybridized carbons (Fsp3) is 0.469. The van der Waals surface area contributed by atoms with Crippen LogP contribution in [0.4, 0.5) is 8.78 Å². The minimum absolute atomic E-state index is 0.276. The van der Waals surface area contributed by atoms with E-state index in [0.717, 1.165) is 86.4 Å². The predicted octanol–water partition coefficient (Wildman–Crippen LogP) is 6.09. The van der Waals surface area contributed by atoms with Crippen molar-refractivity contribution in [2.45, 2.75) is 57.9 Å². The van der Waals surface area contributed by atoms with Crippen LogP contribution in [0.3, 0.4) is 0 Å². The summed E-state index contributed by atoms with van der Waals surface area (Å²) < 4.78 is 35.7. The number of fused-ring (bicyclic) bond motifs is 1. The summed E-state index contributed by atoms with van der Waals surface area (Å²) in [7, 11) is 2.02. The highest BCUT2D eigenvalue weighted by Gasteiger charge is 2.41. The molecule has 1 aliphatic carbocycles. The number of benzene rings is 2. The van der Waals surface area contributed by atoms with Crippen LogP contribution >= 0.6 is 0 Å². The number of ether oxygens (including phenoxy) is 1. The number of halogens is 2. The maximum atomic E-state index is 15.0. The number of hydrogen-bond acceptors (Lipinski definition) is 6. The van der Waals surface area contributed by atoms with Gasteiger partial charge in [0.25, 0.3) is 0 Å². The highest BCUT2D eigenvalue weighted by atomic mass is 19.1. The fourth-order valence-corrected chi connectivity index (χ4v) is 5.97. The Morgan fingerprint density at radius 1 is 0.900 bits per heavy atom. The third kappa shape index (κ3) is 5.87. The van der Waals surface area contributed by atoms with E-state index in [1.54, 1.807) is 0 Å². The Kier molecular flexibility index (Phi) is 7.78. The molecule has 0 amide bonds. The molecule has 1 saturated heterocycles. The van der Waals surface area contributed by atoms with Gasteiger partial charge in [-0.05, 0) is 66.3 Å². The fourth-order valence-electron chi connectivity index (χ4n) is 5.97. The Morgan fingerprint density at radius 2 is 1.55 bits per heavy atom. The molecule has 1 aromatic heterocycles. The van der Waals surface area contributed by atoms with Gasteiger partial charge in [-0.15, -0.1) is 0 Å². The van der Waals surface area contributed by atoms with Gasteiger partial charge in [-0.2, -0.15) is 0 Å². The molecule has 2 unspecified atom stereocenters. The Bertz CT molecular complexity index is 1330. The van der Waals surface area contributed by atoms with Gasteiger partial charge in [0, 0.05) is 38.0 Å². The topological polar surface area (TPSA) is 53.6 Å². The molecular formula is C32H37F2N5O. The first-order chi connectivity index (χ1) is 19.5. The smallest absolute Gasteiger partial charge is 0.190 e. The van der Waals surface area contributed by atoms with Crippen LogP contribution in [0.2, 0.25) is 0 Å². The predicted molar refractivity (Wildman–Crippen MR) is 152 cm³/mol. The third-order valence-corrected chi connectivity index (χ3v) is 8.68. The Labute approximate surface area is 235 Å². The molecule has 40 heavy (non-hydrogen) atoms. The second-order valence-electron chi connectivity index (χ2n) is 11.4. The van der Waals surface area contributed by atoms with E-state index in [-0.39, 0.29) is 5.75 Å². The number of aryl methyl sites for hydroxylation is 2. The number of aliphatic imine (C=N–C) groups is 1. The van der Waals surface area contributed by atoms with E-state index >= 15 is 0 Å². The van der Waals surface area contributed by atoms with Crippen molar-refractivity contribution in [1.82, 2.24) is 20.0 Å². The summed E-state index contributed by atoms with van der Waals surface area (Å²) in [5.41, 5.74) is 3.40. The van der Waals surface area contributed by atoms with Crippen molar-refractivity contribution in [2.24, 2.45) is 16.8 Å². The van der Waals surface area contributed by atoms with Crippen molar-refractivity contribution in [3.8, 4) is 16.9 Å². The zero-order chi connectivity index (χ0) is 27.6. The summed E-state index contributed by atoms with van der Waals surface area (Å²) in [5.74, 6) is 1.18. The van der Waals surface area contributed by atoms with Gasteiger partial charge >= 0.3 is 0 Å². The minimum atomic E-state index is -0.661. The first-order valence-electron chi connectivity index (χ1n) is 14.6. The lowest BCUT2D eigenvalue weighted by Gasteiger charge is -2.28. The van der Waals surface area contributed by atoms with E-state index in [2.05, 4.69) is 26.9 Å². The average molecular weight is 546 g/mol. The van der Waals surface area contributed by atoms with E-state index < -0.39 is 11.6 Å². The van der Waals surface area contributed by atoms with Gasteiger partial charge in [-0.1, -0.05) is 44.0 Å². The molecule has 8 heteroatoms. The number of rotatable bonds is 9. The number of aromatic nitrogens is 2. The molecule has 3 aliphatic rings. The number of nitrogens with zero attached hydrogens (tertiary/aromatic N) is 5. The summed E-state index contributed by atoms with van der Waals surface area (Å²) in [4.78, 5) is 13.6. The van der Waals surface area contributed by atoms with Crippen molar-refractivity contribution in [1.29, 1.82) is 0 Å². The van der Waals surface area contributed by atoms with E-state index in [9.17, 15) is 8.78 Å². The summed E-state index contributed by atoms with van der Waals surface area (Å²) in [6.45, 7) is 4.29. The maximum Gasteiger partial charge on any atom is 0.190 e. The molecule has 3 heterocycles. The summed E-state index contributed by atoms with van der Waals surface area (Å²) in [6.07, 6.45) is 11.0. The first-order valence-corrected chi connectivity index (χ1v) is 14.6. The quantitative estimate of drug-likeness (QED) is 0.305. The molecule has 3 aromatic rings. The maximum absolute atomic E-state index is 15.0. The van der Waals surface area contributed by atoms with Crippen molar-refractivity contribution < 1.29 is 13.5 Å². The third-order valence-electron chi connectivity index (χ3n) is 8.68. The molecule has 0 spiro atoms. The van der Waals surface area contributed by atoms with Gasteiger partial charge in [-0.3, -0.25) is 10.0 Å². The standard InChI is InChI=1S/C32H37F2N5O/c1-3-21-16-35-30(36-17-21)13-8-22-4-6-23(7-5-22)20-40-31-28(33)14-26(15-29(31)34)24-9-11-25(12-10-24)32-37-18-27-19-39(27)38(32)2/h9-12,14-17,22-23,27H,3-8,13,18-20H2,1-2H3. The van der Waals surface area contributed by atoms with E-state index in [0.29, 0.717) is 30.0 Å². The lowest BCUT2D eigenvalue weighted by Crippen LogP contribution is -2.37. The first kappa shape index (κ1) is 26.8. The van der Waals surface area contributed by atoms with Crippen molar-refractivity contribution in [3.05, 3.63) is 77.4 Å². The Morgan fingerprint density at radius 3 is 2.23 bits per heavy atom. The van der Waals surface area contributed by atoms with E-state index in [1.807, 2.05) is 43.7 Å². The molecule has 0 bridgehead atoms. The van der Waals surface area contributed by atoms with E-state index in [4.69, 9.17) is 9.73 Å². The second kappa shape index (κ2) is 11.6. The van der Waals surface area contributed by atoms with Crippen LogP contribution in [0, 0.1) is 23.5 Å². The van der Waals surface area contributed by atoms with Gasteiger partial charge in [-0.25, -0.2) is 23.8 Å². The van der Waals surface area contributed by atoms with Crippen LogP contribution < -0.4 is 4.74 Å². The van der Waals surface area contributed by atoms with Crippen molar-refractivity contribution in [2.75, 3.05) is 26.7 Å². The van der Waals surface area contributed by atoms with Crippen LogP contribution in [-0.4, -0.2) is 58.6 Å². The SMILES string of the molecule is CCc1cnc(CCC2CCC(COc3c(F)cc(-c4ccc(C5=NCC6CN6N5C)cc4)cc3F)CC2)nc1. The lowest BCUT2D eigenvalue weighted by molar-refractivity contribution is 0.170. The van der Waals surface area contributed by atoms with E-state index in [1.165, 1.54) is 12.1 Å². The molecular weight excluding hydrogens is 508 g/mol. The van der Waals surface area contributed by atoms with Crippen molar-refractivity contribution in [3.63, 3.8) is 0 Å². The van der Waals surface area contributed by atoms with Gasteiger partial charge in [0.15, 0.2) is 17.4 Å². The number of hydrogen-bond donors (Lipinski definition) is 0. The normalized spacial score (nSPS) is 23.9. The molecule has 2 atom stereocenters. The zero-order valence-corrected chi connectivity index (χ0v) is 23.3. The van der Waals surface area contributed by atoms with Crippen molar-refractivity contribution >= 4 is 5.84 Å². The van der Waals surface area contributed by atoms with Crippen LogP contribution in [0.15, 0.2) is 53.8 Å². The molecule has 0 radical (unpaired) electrons. The van der Waals surface area contributed by atoms with Crippen LogP contribution in [-0.2, 0) is 12.8 Å². The molecule has 2 aromatic carbocycles. The molecule has 2 fully saturated rings.